The van der Waals surface area contributed by atoms with Gasteiger partial charge in [-0.2, -0.15) is 10.2 Å². The number of nitrogens with one attached hydrogen (secondary N) is 5. The molecule has 3 heterocycles. The topological polar surface area (TPSA) is 214 Å². The van der Waals surface area contributed by atoms with Gasteiger partial charge in [0.2, 0.25) is 5.91 Å². The molecule has 2 aliphatic heterocycles. The van der Waals surface area contributed by atoms with Crippen LogP contribution in [0.3, 0.4) is 0 Å². The van der Waals surface area contributed by atoms with Gasteiger partial charge in [-0.05, 0) is 113 Å². The number of anilines is 2. The molecule has 4 aromatic rings. The number of benzene rings is 3. The van der Waals surface area contributed by atoms with E-state index in [1.165, 1.54) is 50.5 Å². The summed E-state index contributed by atoms with van der Waals surface area (Å²) in [6.07, 6.45) is 5.21. The van der Waals surface area contributed by atoms with Crippen molar-refractivity contribution in [1.29, 1.82) is 0 Å². The third-order valence-corrected chi connectivity index (χ3v) is 9.98. The van der Waals surface area contributed by atoms with E-state index in [1.807, 2.05) is 0 Å². The Labute approximate surface area is 335 Å². The van der Waals surface area contributed by atoms with Gasteiger partial charge in [0, 0.05) is 55.5 Å². The van der Waals surface area contributed by atoms with E-state index in [-0.39, 0.29) is 39.9 Å². The van der Waals surface area contributed by atoms with Gasteiger partial charge in [0.1, 0.15) is 6.54 Å². The molecule has 17 nitrogen and oxygen atoms in total. The summed E-state index contributed by atoms with van der Waals surface area (Å²) < 4.78 is 5.41. The van der Waals surface area contributed by atoms with Crippen LogP contribution >= 0.6 is 0 Å². The molecule has 6 rings (SSSR count). The van der Waals surface area contributed by atoms with E-state index in [0.29, 0.717) is 43.0 Å². The Kier molecular flexibility index (Phi) is 14.6. The van der Waals surface area contributed by atoms with Crippen LogP contribution in [0, 0.1) is 0 Å². The van der Waals surface area contributed by atoms with E-state index in [0.717, 1.165) is 57.0 Å². The van der Waals surface area contributed by atoms with E-state index >= 15 is 0 Å². The van der Waals surface area contributed by atoms with Gasteiger partial charge in [-0.25, -0.2) is 9.69 Å². The highest BCUT2D eigenvalue weighted by atomic mass is 16.5. The Morgan fingerprint density at radius 1 is 0.724 bits per heavy atom. The van der Waals surface area contributed by atoms with Gasteiger partial charge in [-0.15, -0.1) is 0 Å². The molecule has 0 unspecified atom stereocenters. The van der Waals surface area contributed by atoms with Gasteiger partial charge < -0.3 is 35.6 Å². The summed E-state index contributed by atoms with van der Waals surface area (Å²) in [5.41, 5.74) is 2.25. The molecule has 5 N–H and O–H groups in total. The molecule has 58 heavy (non-hydrogen) atoms. The zero-order valence-electron chi connectivity index (χ0n) is 32.7. The highest BCUT2D eigenvalue weighted by molar-refractivity contribution is 6.15. The molecule has 0 spiro atoms. The molecule has 0 atom stereocenters. The molecular formula is C41H50N10O7. The normalized spacial score (nSPS) is 15.0. The third-order valence-electron chi connectivity index (χ3n) is 9.98. The lowest BCUT2D eigenvalue weighted by Crippen LogP contribution is -2.38. The minimum atomic E-state index is -0.626. The van der Waals surface area contributed by atoms with Gasteiger partial charge in [0.25, 0.3) is 23.6 Å². The van der Waals surface area contributed by atoms with E-state index in [9.17, 15) is 28.8 Å². The number of imidazole rings is 1. The smallest absolute Gasteiger partial charge is 0.323 e. The summed E-state index contributed by atoms with van der Waals surface area (Å²) >= 11 is 0. The van der Waals surface area contributed by atoms with Crippen molar-refractivity contribution in [3.05, 3.63) is 87.8 Å². The highest BCUT2D eigenvalue weighted by Crippen LogP contribution is 2.22. The van der Waals surface area contributed by atoms with Crippen molar-refractivity contribution in [3.63, 3.8) is 0 Å². The first kappa shape index (κ1) is 41.6. The van der Waals surface area contributed by atoms with Crippen molar-refractivity contribution in [2.24, 2.45) is 10.2 Å². The maximum atomic E-state index is 13.4. The van der Waals surface area contributed by atoms with Crippen LogP contribution < -0.4 is 26.5 Å². The van der Waals surface area contributed by atoms with E-state index in [2.05, 4.69) is 45.9 Å². The summed E-state index contributed by atoms with van der Waals surface area (Å²) in [6, 6.07) is 15.4. The Balaban J connectivity index is 1.07. The highest BCUT2D eigenvalue weighted by Gasteiger charge is 2.21. The van der Waals surface area contributed by atoms with Crippen LogP contribution in [0.2, 0.25) is 0 Å². The molecule has 17 heteroatoms. The van der Waals surface area contributed by atoms with Crippen molar-refractivity contribution < 1.29 is 28.7 Å². The average molecular weight is 795 g/mol. The Morgan fingerprint density at radius 3 is 1.98 bits per heavy atom. The number of ether oxygens (including phenoxy) is 1. The number of H-pyrrole nitrogens is 2. The molecule has 5 amide bonds. The lowest BCUT2D eigenvalue weighted by molar-refractivity contribution is -0.124. The van der Waals surface area contributed by atoms with Crippen LogP contribution in [0.4, 0.5) is 17.1 Å². The van der Waals surface area contributed by atoms with Gasteiger partial charge in [-0.3, -0.25) is 28.9 Å². The van der Waals surface area contributed by atoms with E-state index in [4.69, 9.17) is 4.74 Å². The monoisotopic (exact) mass is 794 g/mol. The number of carbonyl (C=O) groups excluding carboxylic acids is 5. The molecule has 0 saturated carbocycles. The summed E-state index contributed by atoms with van der Waals surface area (Å²) in [5, 5.41) is 16.8. The lowest BCUT2D eigenvalue weighted by Gasteiger charge is -2.26. The molecule has 2 aliphatic rings. The van der Waals surface area contributed by atoms with Crippen molar-refractivity contribution in [1.82, 2.24) is 30.4 Å². The van der Waals surface area contributed by atoms with E-state index in [1.54, 1.807) is 36.4 Å². The second-order valence-electron chi connectivity index (χ2n) is 14.3. The number of likely N-dealkylation sites (tertiary alicyclic amines) is 1. The average Bonchev–Trinajstić information content (AvgIpc) is 3.61. The molecule has 0 radical (unpaired) electrons. The number of nitrogens with zero attached hydrogens (tertiary/aromatic N) is 5. The zero-order chi connectivity index (χ0) is 40.9. The SMILES string of the molecule is CC(=O)N(C(=O)CN=Nc1ccc(C(=O)Nc2cc(C(=O)NCCCN3CCCCC3)cc(C(=O)NCCCN3CCOCC3)c2)cc1)c1ccc2[nH]c(=O)[nH]c2c1. The minimum Gasteiger partial charge on any atom is -0.379 e. The number of carbonyl (C=O) groups is 5. The van der Waals surface area contributed by atoms with Crippen molar-refractivity contribution in [2.75, 3.05) is 82.3 Å². The maximum Gasteiger partial charge on any atom is 0.323 e. The van der Waals surface area contributed by atoms with Gasteiger partial charge in [0.15, 0.2) is 0 Å². The molecule has 0 aliphatic carbocycles. The zero-order valence-corrected chi connectivity index (χ0v) is 32.7. The van der Waals surface area contributed by atoms with Crippen LogP contribution in [0.5, 0.6) is 0 Å². The fourth-order valence-electron chi connectivity index (χ4n) is 6.97. The predicted molar refractivity (Wildman–Crippen MR) is 219 cm³/mol. The molecule has 0 bridgehead atoms. The van der Waals surface area contributed by atoms with E-state index < -0.39 is 30.0 Å². The first-order chi connectivity index (χ1) is 28.1. The number of morpholine rings is 1. The lowest BCUT2D eigenvalue weighted by atomic mass is 10.1. The Bertz CT molecular complexity index is 2110. The predicted octanol–water partition coefficient (Wildman–Crippen LogP) is 3.83. The number of hydrogen-bond acceptors (Lipinski definition) is 11. The number of amides is 5. The molecule has 306 valence electrons. The molecule has 3 aromatic carbocycles. The molecule has 1 aromatic heterocycles. The second-order valence-corrected chi connectivity index (χ2v) is 14.3. The Hall–Kier alpha value is -6.04. The number of aromatic nitrogens is 2. The summed E-state index contributed by atoms with van der Waals surface area (Å²) in [7, 11) is 0. The summed E-state index contributed by atoms with van der Waals surface area (Å²) in [5.74, 6) is -2.33. The Morgan fingerprint density at radius 2 is 1.34 bits per heavy atom. The van der Waals surface area contributed by atoms with Crippen LogP contribution in [-0.4, -0.2) is 121 Å². The standard InChI is InChI=1S/C41H50N10O7/c1-28(52)51(34-11-12-35-36(26-34)47-41(57)46-35)37(53)27-44-48-32-9-7-29(8-10-32)40(56)45-33-24-30(38(54)42-13-5-17-49-15-3-2-4-16-49)23-31(25-33)39(55)43-14-6-18-50-19-21-58-22-20-50/h7-12,23-26H,2-6,13-22,27H2,1H3,(H,42,54)(H,43,55)(H,45,56)(H2,46,47,57). The first-order valence-electron chi connectivity index (χ1n) is 19.7. The van der Waals surface area contributed by atoms with Crippen LogP contribution in [-0.2, 0) is 14.3 Å². The number of fused-ring (bicyclic) bond motifs is 1. The van der Waals surface area contributed by atoms with Crippen molar-refractivity contribution >= 4 is 57.6 Å². The second kappa shape index (κ2) is 20.4. The number of aromatic amines is 2. The quantitative estimate of drug-likeness (QED) is 0.0823. The largest absolute Gasteiger partial charge is 0.379 e. The number of rotatable bonds is 16. The fourth-order valence-corrected chi connectivity index (χ4v) is 6.97. The van der Waals surface area contributed by atoms with Crippen LogP contribution in [0.25, 0.3) is 11.0 Å². The molecule has 2 saturated heterocycles. The van der Waals surface area contributed by atoms with Crippen LogP contribution in [0.1, 0.15) is 70.1 Å². The third kappa shape index (κ3) is 11.7. The molecular weight excluding hydrogens is 745 g/mol. The van der Waals surface area contributed by atoms with Gasteiger partial charge in [-0.1, -0.05) is 6.42 Å². The number of imide groups is 1. The van der Waals surface area contributed by atoms with Crippen LogP contribution in [0.15, 0.2) is 75.7 Å². The van der Waals surface area contributed by atoms with Gasteiger partial charge in [0.05, 0.1) is 35.6 Å². The van der Waals surface area contributed by atoms with Gasteiger partial charge >= 0.3 is 5.69 Å². The van der Waals surface area contributed by atoms with Crippen molar-refractivity contribution in [2.45, 2.75) is 39.0 Å². The maximum absolute atomic E-state index is 13.4. The van der Waals surface area contributed by atoms with Crippen molar-refractivity contribution in [3.8, 4) is 0 Å². The number of hydrogen-bond donors (Lipinski definition) is 5. The minimum absolute atomic E-state index is 0.247. The summed E-state index contributed by atoms with van der Waals surface area (Å²) in [6.45, 7) is 8.76. The number of piperidine rings is 1. The summed E-state index contributed by atoms with van der Waals surface area (Å²) in [4.78, 5) is 87.8. The first-order valence-corrected chi connectivity index (χ1v) is 19.7. The molecule has 2 fully saturated rings. The number of azo groups is 1. The fraction of sp³-hybridized carbons (Fsp3) is 0.415.